The Hall–Kier alpha value is -0.300. The van der Waals surface area contributed by atoms with Crippen LogP contribution in [-0.4, -0.2) is 11.2 Å². The molecule has 0 bridgehead atoms. The number of hydrogen-bond donors (Lipinski definition) is 1. The molecule has 0 aliphatic heterocycles. The van der Waals surface area contributed by atoms with Crippen LogP contribution in [0.25, 0.3) is 0 Å². The highest BCUT2D eigenvalue weighted by molar-refractivity contribution is 4.99. The largest absolute Gasteiger partial charge is 0.393 e. The zero-order valence-corrected chi connectivity index (χ0v) is 7.51. The lowest BCUT2D eigenvalue weighted by Crippen LogP contribution is -2.18. The lowest BCUT2D eigenvalue weighted by Gasteiger charge is -2.20. The van der Waals surface area contributed by atoms with Crippen LogP contribution in [0.2, 0.25) is 0 Å². The molecule has 2 unspecified atom stereocenters. The summed E-state index contributed by atoms with van der Waals surface area (Å²) in [7, 11) is 0. The van der Waals surface area contributed by atoms with Gasteiger partial charge in [0.15, 0.2) is 0 Å². The van der Waals surface area contributed by atoms with E-state index in [1.165, 1.54) is 5.57 Å². The van der Waals surface area contributed by atoms with Crippen molar-refractivity contribution in [3.8, 4) is 0 Å². The molecule has 2 atom stereocenters. The zero-order valence-electron chi connectivity index (χ0n) is 7.51. The van der Waals surface area contributed by atoms with Crippen molar-refractivity contribution < 1.29 is 5.11 Å². The number of allylic oxidation sites excluding steroid dienone is 2. The maximum Gasteiger partial charge on any atom is 0.0568 e. The maximum absolute atomic E-state index is 9.54. The Morgan fingerprint density at radius 2 is 2.18 bits per heavy atom. The van der Waals surface area contributed by atoms with Gasteiger partial charge in [-0.3, -0.25) is 0 Å². The average Bonchev–Trinajstić information content (AvgIpc) is 1.98. The summed E-state index contributed by atoms with van der Waals surface area (Å²) in [6, 6.07) is 0. The highest BCUT2D eigenvalue weighted by Crippen LogP contribution is 2.21. The van der Waals surface area contributed by atoms with E-state index >= 15 is 0 Å². The SMILES string of the molecule is C/C1=C/CCC(O)C(C)CC1. The molecule has 1 aliphatic rings. The van der Waals surface area contributed by atoms with Crippen molar-refractivity contribution in [3.63, 3.8) is 0 Å². The molecule has 1 N–H and O–H groups in total. The van der Waals surface area contributed by atoms with E-state index in [2.05, 4.69) is 19.9 Å². The monoisotopic (exact) mass is 154 g/mol. The topological polar surface area (TPSA) is 20.2 Å². The Labute approximate surface area is 69.1 Å². The van der Waals surface area contributed by atoms with Crippen LogP contribution >= 0.6 is 0 Å². The Bertz CT molecular complexity index is 149. The van der Waals surface area contributed by atoms with Crippen LogP contribution in [0.3, 0.4) is 0 Å². The van der Waals surface area contributed by atoms with Crippen LogP contribution in [0.5, 0.6) is 0 Å². The number of rotatable bonds is 0. The van der Waals surface area contributed by atoms with Crippen molar-refractivity contribution in [2.75, 3.05) is 0 Å². The molecule has 0 spiro atoms. The molecule has 0 saturated carbocycles. The van der Waals surface area contributed by atoms with Gasteiger partial charge in [0.2, 0.25) is 0 Å². The zero-order chi connectivity index (χ0) is 8.27. The van der Waals surface area contributed by atoms with E-state index in [9.17, 15) is 5.11 Å². The van der Waals surface area contributed by atoms with Gasteiger partial charge in [-0.05, 0) is 38.5 Å². The molecule has 0 saturated heterocycles. The van der Waals surface area contributed by atoms with Crippen molar-refractivity contribution in [1.82, 2.24) is 0 Å². The van der Waals surface area contributed by atoms with Gasteiger partial charge in [-0.25, -0.2) is 0 Å². The molecule has 0 aromatic carbocycles. The van der Waals surface area contributed by atoms with Gasteiger partial charge in [-0.1, -0.05) is 18.6 Å². The minimum absolute atomic E-state index is 0.0700. The summed E-state index contributed by atoms with van der Waals surface area (Å²) >= 11 is 0. The second-order valence-corrected chi connectivity index (χ2v) is 3.71. The van der Waals surface area contributed by atoms with Crippen molar-refractivity contribution in [2.45, 2.75) is 45.6 Å². The normalized spacial score (nSPS) is 38.6. The van der Waals surface area contributed by atoms with E-state index in [1.54, 1.807) is 0 Å². The van der Waals surface area contributed by atoms with Gasteiger partial charge in [0.1, 0.15) is 0 Å². The van der Waals surface area contributed by atoms with Crippen LogP contribution < -0.4 is 0 Å². The minimum Gasteiger partial charge on any atom is -0.393 e. The molecule has 0 amide bonds. The van der Waals surface area contributed by atoms with Gasteiger partial charge in [-0.15, -0.1) is 0 Å². The minimum atomic E-state index is -0.0700. The van der Waals surface area contributed by atoms with E-state index in [-0.39, 0.29) is 6.10 Å². The third-order valence-corrected chi connectivity index (χ3v) is 2.61. The van der Waals surface area contributed by atoms with E-state index in [4.69, 9.17) is 0 Å². The Morgan fingerprint density at radius 3 is 2.91 bits per heavy atom. The van der Waals surface area contributed by atoms with Gasteiger partial charge in [0.25, 0.3) is 0 Å². The van der Waals surface area contributed by atoms with Gasteiger partial charge < -0.3 is 5.11 Å². The van der Waals surface area contributed by atoms with E-state index in [1.807, 2.05) is 0 Å². The summed E-state index contributed by atoms with van der Waals surface area (Å²) in [4.78, 5) is 0. The molecule has 11 heavy (non-hydrogen) atoms. The lowest BCUT2D eigenvalue weighted by atomic mass is 9.90. The molecule has 0 aromatic rings. The molecule has 64 valence electrons. The van der Waals surface area contributed by atoms with Gasteiger partial charge >= 0.3 is 0 Å². The highest BCUT2D eigenvalue weighted by Gasteiger charge is 2.14. The van der Waals surface area contributed by atoms with Gasteiger partial charge in [0, 0.05) is 0 Å². The van der Waals surface area contributed by atoms with Crippen molar-refractivity contribution in [1.29, 1.82) is 0 Å². The maximum atomic E-state index is 9.54. The highest BCUT2D eigenvalue weighted by atomic mass is 16.3. The Morgan fingerprint density at radius 1 is 1.45 bits per heavy atom. The quantitative estimate of drug-likeness (QED) is 0.531. The summed E-state index contributed by atoms with van der Waals surface area (Å²) in [5.74, 6) is 0.485. The summed E-state index contributed by atoms with van der Waals surface area (Å²) in [6.07, 6.45) is 6.49. The first-order valence-corrected chi connectivity index (χ1v) is 4.54. The fraction of sp³-hybridized carbons (Fsp3) is 0.800. The third-order valence-electron chi connectivity index (χ3n) is 2.61. The second-order valence-electron chi connectivity index (χ2n) is 3.71. The first kappa shape index (κ1) is 8.79. The molecule has 1 rings (SSSR count). The Balaban J connectivity index is 2.49. The summed E-state index contributed by atoms with van der Waals surface area (Å²) in [6.45, 7) is 4.33. The molecular formula is C10H18O. The summed E-state index contributed by atoms with van der Waals surface area (Å²) < 4.78 is 0. The smallest absolute Gasteiger partial charge is 0.0568 e. The first-order chi connectivity index (χ1) is 5.20. The molecule has 1 heteroatoms. The Kier molecular flexibility index (Phi) is 3.13. The third kappa shape index (κ3) is 2.66. The van der Waals surface area contributed by atoms with E-state index in [0.717, 1.165) is 25.7 Å². The van der Waals surface area contributed by atoms with Crippen LogP contribution in [0, 0.1) is 5.92 Å². The van der Waals surface area contributed by atoms with Crippen LogP contribution in [-0.2, 0) is 0 Å². The van der Waals surface area contributed by atoms with Gasteiger partial charge in [0.05, 0.1) is 6.10 Å². The lowest BCUT2D eigenvalue weighted by molar-refractivity contribution is 0.102. The molecule has 0 aromatic heterocycles. The van der Waals surface area contributed by atoms with E-state index < -0.39 is 0 Å². The second kappa shape index (κ2) is 3.91. The number of aliphatic hydroxyl groups excluding tert-OH is 1. The van der Waals surface area contributed by atoms with Crippen molar-refractivity contribution in [3.05, 3.63) is 11.6 Å². The molecule has 1 aliphatic carbocycles. The van der Waals surface area contributed by atoms with Crippen molar-refractivity contribution in [2.24, 2.45) is 5.92 Å². The molecule has 0 radical (unpaired) electrons. The summed E-state index contributed by atoms with van der Waals surface area (Å²) in [5, 5.41) is 9.54. The fourth-order valence-electron chi connectivity index (χ4n) is 1.53. The number of aliphatic hydroxyl groups is 1. The summed E-state index contributed by atoms with van der Waals surface area (Å²) in [5.41, 5.74) is 1.49. The number of hydrogen-bond acceptors (Lipinski definition) is 1. The first-order valence-electron chi connectivity index (χ1n) is 4.54. The molecule has 0 fully saturated rings. The fourth-order valence-corrected chi connectivity index (χ4v) is 1.53. The van der Waals surface area contributed by atoms with Crippen LogP contribution in [0.1, 0.15) is 39.5 Å². The predicted octanol–water partition coefficient (Wildman–Crippen LogP) is 2.50. The predicted molar refractivity (Wildman–Crippen MR) is 47.4 cm³/mol. The average molecular weight is 154 g/mol. The van der Waals surface area contributed by atoms with Crippen LogP contribution in [0.15, 0.2) is 11.6 Å². The molecule has 1 nitrogen and oxygen atoms in total. The standard InChI is InChI=1S/C10H18O/c1-8-4-3-5-10(11)9(2)7-6-8/h4,9-11H,3,5-7H2,1-2H3/b8-4-. The van der Waals surface area contributed by atoms with Crippen molar-refractivity contribution >= 4 is 0 Å². The molecular weight excluding hydrogens is 136 g/mol. The van der Waals surface area contributed by atoms with Gasteiger partial charge in [-0.2, -0.15) is 0 Å². The molecule has 0 heterocycles. The van der Waals surface area contributed by atoms with Crippen LogP contribution in [0.4, 0.5) is 0 Å². The van der Waals surface area contributed by atoms with E-state index in [0.29, 0.717) is 5.92 Å².